The maximum absolute atomic E-state index is 11.4. The smallest absolute Gasteiger partial charge is 0.222 e. The molecule has 0 aliphatic carbocycles. The molecule has 2 rings (SSSR count). The van der Waals surface area contributed by atoms with E-state index in [0.29, 0.717) is 12.5 Å². The summed E-state index contributed by atoms with van der Waals surface area (Å²) in [6.07, 6.45) is 5.13. The lowest BCUT2D eigenvalue weighted by atomic mass is 10.2. The summed E-state index contributed by atoms with van der Waals surface area (Å²) in [4.78, 5) is 13.4. The summed E-state index contributed by atoms with van der Waals surface area (Å²) in [6, 6.07) is 2.26. The maximum atomic E-state index is 11.4. The Hall–Kier alpha value is -1.29. The molecule has 16 heavy (non-hydrogen) atoms. The number of likely N-dealkylation sites (tertiary alicyclic amines) is 1. The van der Waals surface area contributed by atoms with E-state index in [-0.39, 0.29) is 5.91 Å². The van der Waals surface area contributed by atoms with Crippen LogP contribution in [0.25, 0.3) is 0 Å². The van der Waals surface area contributed by atoms with Crippen molar-refractivity contribution >= 4 is 5.91 Å². The molecule has 2 heterocycles. The van der Waals surface area contributed by atoms with Crippen LogP contribution in [-0.2, 0) is 11.3 Å². The van der Waals surface area contributed by atoms with Gasteiger partial charge in [-0.2, -0.15) is 0 Å². The number of hydrogen-bond donors (Lipinski definition) is 1. The summed E-state index contributed by atoms with van der Waals surface area (Å²) in [5.74, 6) is 0.289. The first-order valence-electron chi connectivity index (χ1n) is 5.78. The number of nitrogens with one attached hydrogen (secondary N) is 1. The summed E-state index contributed by atoms with van der Waals surface area (Å²) in [6.45, 7) is 4.61. The van der Waals surface area contributed by atoms with Crippen molar-refractivity contribution in [2.45, 2.75) is 32.4 Å². The second-order valence-electron chi connectivity index (χ2n) is 4.36. The number of furan rings is 1. The molecule has 0 bridgehead atoms. The van der Waals surface area contributed by atoms with E-state index in [0.717, 1.165) is 31.6 Å². The highest BCUT2D eigenvalue weighted by Gasteiger charge is 2.21. The quantitative estimate of drug-likeness (QED) is 0.818. The lowest BCUT2D eigenvalue weighted by Crippen LogP contribution is -2.39. The van der Waals surface area contributed by atoms with Gasteiger partial charge in [0.1, 0.15) is 0 Å². The summed E-state index contributed by atoms with van der Waals surface area (Å²) in [5.41, 5.74) is 1.14. The zero-order valence-electron chi connectivity index (χ0n) is 9.61. The minimum Gasteiger partial charge on any atom is -0.472 e. The van der Waals surface area contributed by atoms with Gasteiger partial charge in [0.2, 0.25) is 5.91 Å². The van der Waals surface area contributed by atoms with Crippen molar-refractivity contribution < 1.29 is 9.21 Å². The average Bonchev–Trinajstić information content (AvgIpc) is 2.88. The van der Waals surface area contributed by atoms with Crippen LogP contribution in [-0.4, -0.2) is 29.9 Å². The Morgan fingerprint density at radius 1 is 1.62 bits per heavy atom. The van der Waals surface area contributed by atoms with Crippen molar-refractivity contribution in [3.63, 3.8) is 0 Å². The highest BCUT2D eigenvalue weighted by atomic mass is 16.3. The predicted molar refractivity (Wildman–Crippen MR) is 60.8 cm³/mol. The molecule has 1 amide bonds. The largest absolute Gasteiger partial charge is 0.472 e. The van der Waals surface area contributed by atoms with Crippen LogP contribution in [0, 0.1) is 0 Å². The topological polar surface area (TPSA) is 45.5 Å². The molecule has 1 aromatic rings. The standard InChI is InChI=1S/C12H18N2O2/c1-10(8-14-5-2-3-12(14)15)13-7-11-4-6-16-9-11/h4,6,9-10,13H,2-3,5,7-8H2,1H3. The Bertz CT molecular complexity index is 335. The van der Waals surface area contributed by atoms with E-state index in [2.05, 4.69) is 12.2 Å². The van der Waals surface area contributed by atoms with Gasteiger partial charge in [-0.05, 0) is 19.4 Å². The number of hydrogen-bond acceptors (Lipinski definition) is 3. The van der Waals surface area contributed by atoms with Gasteiger partial charge in [-0.15, -0.1) is 0 Å². The second-order valence-corrected chi connectivity index (χ2v) is 4.36. The Kier molecular flexibility index (Phi) is 3.62. The highest BCUT2D eigenvalue weighted by molar-refractivity contribution is 5.78. The molecular formula is C12H18N2O2. The molecule has 1 N–H and O–H groups in total. The lowest BCUT2D eigenvalue weighted by molar-refractivity contribution is -0.127. The molecule has 1 unspecified atom stereocenters. The van der Waals surface area contributed by atoms with Crippen LogP contribution >= 0.6 is 0 Å². The van der Waals surface area contributed by atoms with Gasteiger partial charge >= 0.3 is 0 Å². The molecule has 4 heteroatoms. The molecule has 0 spiro atoms. The molecular weight excluding hydrogens is 204 g/mol. The molecule has 4 nitrogen and oxygen atoms in total. The highest BCUT2D eigenvalue weighted by Crippen LogP contribution is 2.10. The van der Waals surface area contributed by atoms with Gasteiger partial charge in [-0.3, -0.25) is 4.79 Å². The van der Waals surface area contributed by atoms with Gasteiger partial charge in [-0.25, -0.2) is 0 Å². The normalized spacial score (nSPS) is 18.1. The fourth-order valence-electron chi connectivity index (χ4n) is 1.98. The first kappa shape index (κ1) is 11.2. The van der Waals surface area contributed by atoms with Crippen LogP contribution in [0.4, 0.5) is 0 Å². The van der Waals surface area contributed by atoms with Gasteiger partial charge < -0.3 is 14.6 Å². The van der Waals surface area contributed by atoms with Crippen LogP contribution in [0.3, 0.4) is 0 Å². The monoisotopic (exact) mass is 222 g/mol. The predicted octanol–water partition coefficient (Wildman–Crippen LogP) is 1.38. The van der Waals surface area contributed by atoms with E-state index in [1.165, 1.54) is 0 Å². The third-order valence-corrected chi connectivity index (χ3v) is 2.90. The molecule has 0 radical (unpaired) electrons. The number of amides is 1. The van der Waals surface area contributed by atoms with Crippen molar-refractivity contribution in [2.75, 3.05) is 13.1 Å². The van der Waals surface area contributed by atoms with E-state index in [9.17, 15) is 4.79 Å². The van der Waals surface area contributed by atoms with Crippen LogP contribution in [0.15, 0.2) is 23.0 Å². The second kappa shape index (κ2) is 5.16. The molecule has 1 fully saturated rings. The summed E-state index contributed by atoms with van der Waals surface area (Å²) >= 11 is 0. The van der Waals surface area contributed by atoms with E-state index in [1.807, 2.05) is 11.0 Å². The molecule has 1 aliphatic heterocycles. The lowest BCUT2D eigenvalue weighted by Gasteiger charge is -2.21. The average molecular weight is 222 g/mol. The Morgan fingerprint density at radius 3 is 3.12 bits per heavy atom. The molecule has 1 aromatic heterocycles. The molecule has 1 atom stereocenters. The van der Waals surface area contributed by atoms with E-state index in [1.54, 1.807) is 12.5 Å². The summed E-state index contributed by atoms with van der Waals surface area (Å²) < 4.78 is 4.99. The first-order chi connectivity index (χ1) is 7.75. The first-order valence-corrected chi connectivity index (χ1v) is 5.78. The maximum Gasteiger partial charge on any atom is 0.222 e. The van der Waals surface area contributed by atoms with E-state index in [4.69, 9.17) is 4.42 Å². The Morgan fingerprint density at radius 2 is 2.50 bits per heavy atom. The Labute approximate surface area is 95.6 Å². The fraction of sp³-hybridized carbons (Fsp3) is 0.583. The van der Waals surface area contributed by atoms with Gasteiger partial charge in [0.15, 0.2) is 0 Å². The van der Waals surface area contributed by atoms with Crippen LogP contribution in [0.5, 0.6) is 0 Å². The van der Waals surface area contributed by atoms with Gasteiger partial charge in [0, 0.05) is 37.7 Å². The van der Waals surface area contributed by atoms with Gasteiger partial charge in [0.25, 0.3) is 0 Å². The van der Waals surface area contributed by atoms with Crippen molar-refractivity contribution in [1.82, 2.24) is 10.2 Å². The zero-order chi connectivity index (χ0) is 11.4. The van der Waals surface area contributed by atoms with Crippen molar-refractivity contribution in [3.05, 3.63) is 24.2 Å². The molecule has 1 saturated heterocycles. The van der Waals surface area contributed by atoms with Gasteiger partial charge in [-0.1, -0.05) is 0 Å². The van der Waals surface area contributed by atoms with Crippen LogP contribution in [0.1, 0.15) is 25.3 Å². The van der Waals surface area contributed by atoms with Gasteiger partial charge in [0.05, 0.1) is 12.5 Å². The molecule has 1 aliphatic rings. The SMILES string of the molecule is CC(CN1CCCC1=O)NCc1ccoc1. The third-order valence-electron chi connectivity index (χ3n) is 2.90. The number of carbonyl (C=O) groups excluding carboxylic acids is 1. The third kappa shape index (κ3) is 2.85. The van der Waals surface area contributed by atoms with Crippen molar-refractivity contribution in [3.8, 4) is 0 Å². The number of carbonyl (C=O) groups is 1. The minimum atomic E-state index is 0.289. The summed E-state index contributed by atoms with van der Waals surface area (Å²) in [5, 5.41) is 3.38. The minimum absolute atomic E-state index is 0.289. The van der Waals surface area contributed by atoms with E-state index >= 15 is 0 Å². The zero-order valence-corrected chi connectivity index (χ0v) is 9.61. The number of nitrogens with zero attached hydrogens (tertiary/aromatic N) is 1. The van der Waals surface area contributed by atoms with Crippen molar-refractivity contribution in [2.24, 2.45) is 0 Å². The van der Waals surface area contributed by atoms with E-state index < -0.39 is 0 Å². The fourth-order valence-corrected chi connectivity index (χ4v) is 1.98. The molecule has 88 valence electrons. The number of rotatable bonds is 5. The van der Waals surface area contributed by atoms with Crippen LogP contribution in [0.2, 0.25) is 0 Å². The summed E-state index contributed by atoms with van der Waals surface area (Å²) in [7, 11) is 0. The van der Waals surface area contributed by atoms with Crippen molar-refractivity contribution in [1.29, 1.82) is 0 Å². The molecule has 0 aromatic carbocycles. The molecule has 0 saturated carbocycles. The Balaban J connectivity index is 1.72. The van der Waals surface area contributed by atoms with Crippen LogP contribution < -0.4 is 5.32 Å².